The van der Waals surface area contributed by atoms with Crippen molar-refractivity contribution in [1.29, 1.82) is 0 Å². The van der Waals surface area contributed by atoms with Gasteiger partial charge in [-0.05, 0) is 27.7 Å². The molecule has 156 valence electrons. The average molecular weight is 418 g/mol. The van der Waals surface area contributed by atoms with Gasteiger partial charge in [-0.3, -0.25) is 0 Å². The van der Waals surface area contributed by atoms with Crippen LogP contribution in [0.25, 0.3) is 0 Å². The molecule has 0 fully saturated rings. The van der Waals surface area contributed by atoms with Gasteiger partial charge in [0, 0.05) is 6.07 Å². The van der Waals surface area contributed by atoms with Crippen LogP contribution in [-0.4, -0.2) is 35.9 Å². The highest BCUT2D eigenvalue weighted by molar-refractivity contribution is 7.68. The fourth-order valence-corrected chi connectivity index (χ4v) is 7.06. The van der Waals surface area contributed by atoms with Crippen LogP contribution < -0.4 is 14.8 Å². The van der Waals surface area contributed by atoms with E-state index < -0.39 is 45.0 Å². The maximum atomic E-state index is 13.3. The van der Waals surface area contributed by atoms with E-state index in [0.29, 0.717) is 5.30 Å². The van der Waals surface area contributed by atoms with E-state index in [9.17, 15) is 26.3 Å². The first-order valence-corrected chi connectivity index (χ1v) is 9.56. The van der Waals surface area contributed by atoms with Crippen LogP contribution in [0.5, 0.6) is 11.5 Å². The van der Waals surface area contributed by atoms with Gasteiger partial charge in [-0.15, -0.1) is 0 Å². The maximum absolute atomic E-state index is 13.3. The predicted molar refractivity (Wildman–Crippen MR) is 95.6 cm³/mol. The molecule has 0 unspecified atom stereocenters. The number of ether oxygens (including phenoxy) is 2. The molecular weight excluding hydrogens is 393 g/mol. The Hall–Kier alpha value is -1.17. The first-order chi connectivity index (χ1) is 12.0. The molecule has 0 atom stereocenters. The Morgan fingerprint density at radius 1 is 0.704 bits per heavy atom. The minimum absolute atomic E-state index is 0.325. The van der Waals surface area contributed by atoms with Crippen LogP contribution in [0.1, 0.15) is 41.5 Å². The van der Waals surface area contributed by atoms with E-state index in [1.807, 2.05) is 41.5 Å². The first kappa shape index (κ1) is 23.9. The van der Waals surface area contributed by atoms with Crippen molar-refractivity contribution in [3.05, 3.63) is 18.2 Å². The van der Waals surface area contributed by atoms with E-state index >= 15 is 0 Å². The summed E-state index contributed by atoms with van der Waals surface area (Å²) in [6.45, 7) is 7.45. The summed E-state index contributed by atoms with van der Waals surface area (Å²) in [5.74, 6) is -1.05. The Kier molecular flexibility index (Phi) is 7.12. The van der Waals surface area contributed by atoms with Crippen molar-refractivity contribution in [3.63, 3.8) is 0 Å². The molecule has 2 nitrogen and oxygen atoms in total. The Morgan fingerprint density at radius 3 is 1.30 bits per heavy atom. The molecule has 0 saturated heterocycles. The zero-order chi connectivity index (χ0) is 21.3. The lowest BCUT2D eigenvalue weighted by molar-refractivity contribution is -0.189. The van der Waals surface area contributed by atoms with Gasteiger partial charge in [0.1, 0.15) is 11.5 Å². The fourth-order valence-electron chi connectivity index (χ4n) is 2.98. The van der Waals surface area contributed by atoms with Crippen molar-refractivity contribution < 1.29 is 35.8 Å². The van der Waals surface area contributed by atoms with Crippen LogP contribution in [0.3, 0.4) is 0 Å². The Bertz CT molecular complexity index is 587. The van der Waals surface area contributed by atoms with E-state index in [1.54, 1.807) is 0 Å². The lowest BCUT2D eigenvalue weighted by Crippen LogP contribution is -2.32. The number of halogens is 6. The highest BCUT2D eigenvalue weighted by atomic mass is 31.1. The van der Waals surface area contributed by atoms with Gasteiger partial charge in [-0.2, -0.15) is 17.6 Å². The summed E-state index contributed by atoms with van der Waals surface area (Å²) >= 11 is 0. The van der Waals surface area contributed by atoms with Crippen LogP contribution in [0, 0.1) is 0 Å². The second-order valence-electron chi connectivity index (χ2n) is 8.09. The van der Waals surface area contributed by atoms with Crippen LogP contribution in [-0.2, 0) is 0 Å². The van der Waals surface area contributed by atoms with Gasteiger partial charge in [-0.25, -0.2) is 8.78 Å². The Balaban J connectivity index is 3.53. The minimum atomic E-state index is -4.12. The molecule has 0 heterocycles. The molecule has 1 aromatic carbocycles. The van der Waals surface area contributed by atoms with Gasteiger partial charge < -0.3 is 9.47 Å². The molecule has 1 aromatic rings. The monoisotopic (exact) mass is 418 g/mol. The normalized spacial score (nSPS) is 13.8. The highest BCUT2D eigenvalue weighted by Crippen LogP contribution is 2.58. The van der Waals surface area contributed by atoms with Crippen molar-refractivity contribution in [2.45, 2.75) is 64.1 Å². The predicted octanol–water partition coefficient (Wildman–Crippen LogP) is 6.27. The van der Waals surface area contributed by atoms with Gasteiger partial charge in [0.15, 0.2) is 13.3 Å². The van der Waals surface area contributed by atoms with E-state index in [0.717, 1.165) is 6.07 Å². The summed E-state index contributed by atoms with van der Waals surface area (Å²) in [5, 5.41) is -0.203. The maximum Gasteiger partial charge on any atom is 0.427 e. The second kappa shape index (κ2) is 8.06. The first-order valence-electron chi connectivity index (χ1n) is 8.22. The molecule has 0 amide bonds. The van der Waals surface area contributed by atoms with Crippen LogP contribution in [0.2, 0.25) is 0 Å². The van der Waals surface area contributed by atoms with Crippen LogP contribution in [0.15, 0.2) is 18.2 Å². The zero-order valence-corrected chi connectivity index (χ0v) is 17.1. The third-order valence-corrected chi connectivity index (χ3v) is 6.77. The molecule has 0 bridgehead atoms. The van der Waals surface area contributed by atoms with Gasteiger partial charge in [0.05, 0.1) is 0 Å². The topological polar surface area (TPSA) is 18.5 Å². The largest absolute Gasteiger partial charge is 0.430 e. The molecule has 0 aliphatic carbocycles. The zero-order valence-electron chi connectivity index (χ0n) is 16.2. The van der Waals surface area contributed by atoms with E-state index in [2.05, 4.69) is 9.47 Å². The third-order valence-electron chi connectivity index (χ3n) is 3.31. The van der Waals surface area contributed by atoms with Crippen molar-refractivity contribution in [1.82, 2.24) is 0 Å². The molecule has 1 rings (SSSR count). The summed E-state index contributed by atoms with van der Waals surface area (Å²) < 4.78 is 86.9. The number of hydrogen-bond acceptors (Lipinski definition) is 2. The summed E-state index contributed by atoms with van der Waals surface area (Å²) in [4.78, 5) is 0. The van der Waals surface area contributed by atoms with E-state index in [-0.39, 0.29) is 10.3 Å². The molecule has 0 saturated carbocycles. The molecule has 0 N–H and O–H groups in total. The third kappa shape index (κ3) is 7.05. The Labute approximate surface area is 157 Å². The average Bonchev–Trinajstić information content (AvgIpc) is 2.42. The number of hydrogen-bond donors (Lipinski definition) is 0. The van der Waals surface area contributed by atoms with Gasteiger partial charge >= 0.3 is 12.2 Å². The van der Waals surface area contributed by atoms with E-state index in [1.165, 1.54) is 12.1 Å². The summed E-state index contributed by atoms with van der Waals surface area (Å²) in [6, 6.07) is 3.31. The highest BCUT2D eigenvalue weighted by Gasteiger charge is 2.38. The molecule has 0 radical (unpaired) electrons. The fraction of sp³-hybridized carbons (Fsp3) is 0.667. The summed E-state index contributed by atoms with van der Waals surface area (Å²) in [5.41, 5.74) is 0. The molecular formula is C18H25F6O2P. The Morgan fingerprint density at radius 2 is 1.04 bits per heavy atom. The molecule has 0 spiro atoms. The van der Waals surface area contributed by atoms with Gasteiger partial charge in [0.25, 0.3) is 0 Å². The lowest BCUT2D eigenvalue weighted by atomic mass is 10.2. The smallest absolute Gasteiger partial charge is 0.427 e. The molecule has 0 aliphatic heterocycles. The van der Waals surface area contributed by atoms with Crippen LogP contribution in [0.4, 0.5) is 26.3 Å². The lowest BCUT2D eigenvalue weighted by Gasteiger charge is -2.42. The number of rotatable bonds is 7. The number of benzene rings is 1. The quantitative estimate of drug-likeness (QED) is 0.384. The summed E-state index contributed by atoms with van der Waals surface area (Å²) in [6.07, 6.45) is -8.24. The van der Waals surface area contributed by atoms with Crippen molar-refractivity contribution in [2.75, 3.05) is 13.3 Å². The summed E-state index contributed by atoms with van der Waals surface area (Å²) in [7, 11) is -1.10. The number of alkyl halides is 6. The van der Waals surface area contributed by atoms with Gasteiger partial charge in [0.2, 0.25) is 0 Å². The second-order valence-corrected chi connectivity index (χ2v) is 12.0. The molecule has 0 aliphatic rings. The molecule has 27 heavy (non-hydrogen) atoms. The van der Waals surface area contributed by atoms with Crippen molar-refractivity contribution >= 4 is 13.2 Å². The van der Waals surface area contributed by atoms with Crippen molar-refractivity contribution in [2.24, 2.45) is 0 Å². The minimum Gasteiger partial charge on any atom is -0.430 e. The van der Waals surface area contributed by atoms with Crippen LogP contribution >= 0.6 is 7.92 Å². The van der Waals surface area contributed by atoms with Gasteiger partial charge in [-0.1, -0.05) is 49.5 Å². The van der Waals surface area contributed by atoms with Crippen molar-refractivity contribution in [3.8, 4) is 11.5 Å². The molecule has 9 heteroatoms. The standard InChI is InChI=1S/C18H25F6O2P/c1-15(2,3)27(16(4,5)6)14-8-12(25-17(21,22)10-19)7-13(9-14)26-18(23,24)11-20/h7-9H,10-11H2,1-6H3. The SMILES string of the molecule is CC(C)(C)P(c1cc(OC(F)(F)CF)cc(OC(F)(F)CF)c1)C(C)(C)C. The van der Waals surface area contributed by atoms with E-state index in [4.69, 9.17) is 0 Å². The molecule has 0 aromatic heterocycles.